The topological polar surface area (TPSA) is 98.5 Å². The van der Waals surface area contributed by atoms with Crippen molar-refractivity contribution >= 4 is 27.2 Å². The first-order valence-corrected chi connectivity index (χ1v) is 7.14. The molecular weight excluding hydrogens is 256 g/mol. The molecule has 0 heterocycles. The van der Waals surface area contributed by atoms with Crippen LogP contribution < -0.4 is 11.1 Å². The number of para-hydroxylation sites is 1. The molecule has 100 valence electrons. The maximum atomic E-state index is 11.5. The lowest BCUT2D eigenvalue weighted by Crippen LogP contribution is -2.12. The number of carbonyl (C=O) groups excluding carboxylic acids is 1. The molecule has 1 aromatic carbocycles. The molecule has 0 saturated carbocycles. The first kappa shape index (κ1) is 14.3. The van der Waals surface area contributed by atoms with Crippen molar-refractivity contribution in [3.05, 3.63) is 18.2 Å². The number of hydrogen-bond donors (Lipinski definition) is 2. The van der Waals surface area contributed by atoms with Gasteiger partial charge in [-0.05, 0) is 12.1 Å². The van der Waals surface area contributed by atoms with E-state index < -0.39 is 9.84 Å². The number of rotatable bonds is 5. The van der Waals surface area contributed by atoms with Crippen molar-refractivity contribution in [1.29, 1.82) is 0 Å². The maximum Gasteiger partial charge on any atom is 0.307 e. The fourth-order valence-corrected chi connectivity index (χ4v) is 2.26. The number of esters is 1. The van der Waals surface area contributed by atoms with Crippen molar-refractivity contribution in [2.45, 2.75) is 11.3 Å². The van der Waals surface area contributed by atoms with Crippen LogP contribution in [0.25, 0.3) is 0 Å². The number of nitrogens with one attached hydrogen (secondary N) is 1. The third-order valence-electron chi connectivity index (χ3n) is 2.34. The molecular formula is C11H16N2O4S. The quantitative estimate of drug-likeness (QED) is 0.603. The Morgan fingerprint density at radius 3 is 2.67 bits per heavy atom. The molecule has 0 amide bonds. The number of nitrogen functional groups attached to an aromatic ring is 1. The molecule has 0 aliphatic carbocycles. The van der Waals surface area contributed by atoms with Gasteiger partial charge in [0.1, 0.15) is 0 Å². The first-order chi connectivity index (χ1) is 8.36. The number of nitrogens with two attached hydrogens (primary N) is 1. The summed E-state index contributed by atoms with van der Waals surface area (Å²) in [6.45, 7) is 0.324. The minimum absolute atomic E-state index is 0.0746. The molecule has 0 atom stereocenters. The van der Waals surface area contributed by atoms with E-state index in [9.17, 15) is 13.2 Å². The summed E-state index contributed by atoms with van der Waals surface area (Å²) in [6.07, 6.45) is 1.27. The van der Waals surface area contributed by atoms with E-state index in [4.69, 9.17) is 5.73 Å². The molecule has 7 heteroatoms. The molecule has 18 heavy (non-hydrogen) atoms. The number of anilines is 2. The van der Waals surface area contributed by atoms with Crippen molar-refractivity contribution in [3.8, 4) is 0 Å². The van der Waals surface area contributed by atoms with Gasteiger partial charge in [0.05, 0.1) is 29.8 Å². The lowest BCUT2D eigenvalue weighted by atomic mass is 10.2. The Morgan fingerprint density at radius 1 is 1.44 bits per heavy atom. The predicted molar refractivity (Wildman–Crippen MR) is 69.1 cm³/mol. The first-order valence-electron chi connectivity index (χ1n) is 5.25. The minimum atomic E-state index is -3.36. The highest BCUT2D eigenvalue weighted by Gasteiger charge is 2.13. The van der Waals surface area contributed by atoms with Gasteiger partial charge in [-0.2, -0.15) is 0 Å². The molecule has 0 bridgehead atoms. The van der Waals surface area contributed by atoms with Gasteiger partial charge >= 0.3 is 5.97 Å². The van der Waals surface area contributed by atoms with E-state index in [1.54, 1.807) is 12.1 Å². The number of ether oxygens (including phenoxy) is 1. The lowest BCUT2D eigenvalue weighted by molar-refractivity contribution is -0.140. The molecule has 0 radical (unpaired) electrons. The van der Waals surface area contributed by atoms with E-state index in [1.807, 2.05) is 0 Å². The Bertz CT molecular complexity index is 540. The van der Waals surface area contributed by atoms with Crippen LogP contribution in [0.5, 0.6) is 0 Å². The van der Waals surface area contributed by atoms with E-state index in [1.165, 1.54) is 13.2 Å². The summed E-state index contributed by atoms with van der Waals surface area (Å²) < 4.78 is 27.4. The third-order valence-corrected chi connectivity index (χ3v) is 3.49. The van der Waals surface area contributed by atoms with E-state index in [0.29, 0.717) is 12.2 Å². The van der Waals surface area contributed by atoms with Crippen LogP contribution in [0, 0.1) is 0 Å². The molecule has 0 unspecified atom stereocenters. The van der Waals surface area contributed by atoms with Gasteiger partial charge < -0.3 is 15.8 Å². The van der Waals surface area contributed by atoms with Gasteiger partial charge in [-0.3, -0.25) is 4.79 Å². The average Bonchev–Trinajstić information content (AvgIpc) is 2.29. The number of carbonyl (C=O) groups is 1. The van der Waals surface area contributed by atoms with Crippen LogP contribution >= 0.6 is 0 Å². The Kier molecular flexibility index (Phi) is 4.55. The van der Waals surface area contributed by atoms with Crippen molar-refractivity contribution < 1.29 is 17.9 Å². The summed E-state index contributed by atoms with van der Waals surface area (Å²) in [7, 11) is -2.05. The van der Waals surface area contributed by atoms with Gasteiger partial charge in [0.15, 0.2) is 9.84 Å². The standard InChI is InChI=1S/C11H16N2O4S/c1-17-10(14)6-7-13-8-4-3-5-9(11(8)12)18(2,15)16/h3-5,13H,6-7,12H2,1-2H3. The molecule has 0 aromatic heterocycles. The van der Waals surface area contributed by atoms with Gasteiger partial charge in [-0.1, -0.05) is 6.07 Å². The van der Waals surface area contributed by atoms with Crippen molar-refractivity contribution in [1.82, 2.24) is 0 Å². The van der Waals surface area contributed by atoms with E-state index >= 15 is 0 Å². The van der Waals surface area contributed by atoms with Crippen molar-refractivity contribution in [2.75, 3.05) is 31.0 Å². The zero-order valence-electron chi connectivity index (χ0n) is 10.3. The van der Waals surface area contributed by atoms with Crippen LogP contribution in [0.1, 0.15) is 6.42 Å². The normalized spacial score (nSPS) is 11.0. The van der Waals surface area contributed by atoms with Gasteiger partial charge in [0, 0.05) is 12.8 Å². The monoisotopic (exact) mass is 272 g/mol. The van der Waals surface area contributed by atoms with Crippen LogP contribution in [0.4, 0.5) is 11.4 Å². The Morgan fingerprint density at radius 2 is 2.11 bits per heavy atom. The third kappa shape index (κ3) is 3.63. The number of sulfone groups is 1. The number of benzene rings is 1. The molecule has 0 spiro atoms. The highest BCUT2D eigenvalue weighted by atomic mass is 32.2. The summed E-state index contributed by atoms with van der Waals surface area (Å²) in [5.41, 5.74) is 6.41. The van der Waals surface area contributed by atoms with E-state index in [2.05, 4.69) is 10.1 Å². The van der Waals surface area contributed by atoms with Gasteiger partial charge in [0.2, 0.25) is 0 Å². The molecule has 0 fully saturated rings. The second-order valence-electron chi connectivity index (χ2n) is 3.74. The summed E-state index contributed by atoms with van der Waals surface area (Å²) in [6, 6.07) is 4.69. The number of hydrogen-bond acceptors (Lipinski definition) is 6. The smallest absolute Gasteiger partial charge is 0.307 e. The molecule has 6 nitrogen and oxygen atoms in total. The summed E-state index contributed by atoms with van der Waals surface area (Å²) in [4.78, 5) is 11.0. The summed E-state index contributed by atoms with van der Waals surface area (Å²) in [5, 5.41) is 2.90. The summed E-state index contributed by atoms with van der Waals surface area (Å²) >= 11 is 0. The van der Waals surface area contributed by atoms with Gasteiger partial charge in [-0.15, -0.1) is 0 Å². The van der Waals surface area contributed by atoms with Crippen LogP contribution in [0.2, 0.25) is 0 Å². The minimum Gasteiger partial charge on any atom is -0.469 e. The van der Waals surface area contributed by atoms with E-state index in [-0.39, 0.29) is 23.0 Å². The SMILES string of the molecule is COC(=O)CCNc1cccc(S(C)(=O)=O)c1N. The molecule has 0 aliphatic heterocycles. The largest absolute Gasteiger partial charge is 0.469 e. The Balaban J connectivity index is 2.82. The van der Waals surface area contributed by atoms with Crippen LogP contribution in [0.15, 0.2) is 23.1 Å². The highest BCUT2D eigenvalue weighted by Crippen LogP contribution is 2.26. The second-order valence-corrected chi connectivity index (χ2v) is 5.73. The van der Waals surface area contributed by atoms with Crippen molar-refractivity contribution in [3.63, 3.8) is 0 Å². The Hall–Kier alpha value is -1.76. The average molecular weight is 272 g/mol. The van der Waals surface area contributed by atoms with E-state index in [0.717, 1.165) is 6.26 Å². The molecule has 3 N–H and O–H groups in total. The number of methoxy groups -OCH3 is 1. The molecule has 1 rings (SSSR count). The van der Waals surface area contributed by atoms with Crippen LogP contribution in [0.3, 0.4) is 0 Å². The molecule has 0 aliphatic rings. The zero-order chi connectivity index (χ0) is 13.8. The predicted octanol–water partition coefficient (Wildman–Crippen LogP) is 0.647. The van der Waals surface area contributed by atoms with Crippen LogP contribution in [-0.4, -0.2) is 34.3 Å². The molecule has 1 aromatic rings. The second kappa shape index (κ2) is 5.72. The highest BCUT2D eigenvalue weighted by molar-refractivity contribution is 7.90. The molecule has 0 saturated heterocycles. The fraction of sp³-hybridized carbons (Fsp3) is 0.364. The van der Waals surface area contributed by atoms with Crippen molar-refractivity contribution in [2.24, 2.45) is 0 Å². The lowest BCUT2D eigenvalue weighted by Gasteiger charge is -2.11. The van der Waals surface area contributed by atoms with Gasteiger partial charge in [0.25, 0.3) is 0 Å². The summed E-state index contributed by atoms with van der Waals surface area (Å²) in [5.74, 6) is -0.347. The fourth-order valence-electron chi connectivity index (χ4n) is 1.42. The van der Waals surface area contributed by atoms with Gasteiger partial charge in [-0.25, -0.2) is 8.42 Å². The zero-order valence-corrected chi connectivity index (χ0v) is 11.1. The van der Waals surface area contributed by atoms with Crippen LogP contribution in [-0.2, 0) is 19.4 Å². The maximum absolute atomic E-state index is 11.5. The Labute approximate surface area is 106 Å².